The summed E-state index contributed by atoms with van der Waals surface area (Å²) in [6.45, 7) is 7.35. The summed E-state index contributed by atoms with van der Waals surface area (Å²) in [4.78, 5) is 0. The highest BCUT2D eigenvalue weighted by Crippen LogP contribution is 2.21. The second-order valence-corrected chi connectivity index (χ2v) is 15.6. The first-order valence-corrected chi connectivity index (χ1v) is 22.3. The minimum Gasteiger partial charge on any atom is -0.394 e. The SMILES string of the molecule is CCCCCCCCCCCCCCCCC(O)(CO)COCC(O)(CO)CCCCCCCCCCCCCCCC.CCCCOCCO. The maximum absolute atomic E-state index is 10.8. The van der Waals surface area contributed by atoms with Crippen LogP contribution in [0.3, 0.4) is 0 Å². The number of hydrogen-bond donors (Lipinski definition) is 5. The van der Waals surface area contributed by atoms with Crippen LogP contribution in [0, 0.1) is 0 Å². The zero-order valence-corrected chi connectivity index (χ0v) is 34.6. The Morgan fingerprint density at radius 3 is 0.863 bits per heavy atom. The molecule has 0 aliphatic carbocycles. The Hall–Kier alpha value is -0.280. The Bertz CT molecular complexity index is 585. The number of hydrogen-bond acceptors (Lipinski definition) is 7. The van der Waals surface area contributed by atoms with E-state index in [1.54, 1.807) is 0 Å². The summed E-state index contributed by atoms with van der Waals surface area (Å²) in [5.74, 6) is 0. The van der Waals surface area contributed by atoms with Crippen LogP contribution in [-0.2, 0) is 9.47 Å². The van der Waals surface area contributed by atoms with E-state index in [0.717, 1.165) is 45.1 Å². The molecule has 0 heterocycles. The summed E-state index contributed by atoms with van der Waals surface area (Å²) in [6, 6.07) is 0. The van der Waals surface area contributed by atoms with E-state index in [1.807, 2.05) is 0 Å². The number of aliphatic hydroxyl groups is 5. The molecule has 7 heteroatoms. The summed E-state index contributed by atoms with van der Waals surface area (Å²) in [5, 5.41) is 49.3. The number of aliphatic hydroxyl groups excluding tert-OH is 3. The molecule has 0 aromatic carbocycles. The van der Waals surface area contributed by atoms with E-state index in [2.05, 4.69) is 20.8 Å². The average Bonchev–Trinajstić information content (AvgIpc) is 3.14. The van der Waals surface area contributed by atoms with E-state index in [-0.39, 0.29) is 33.0 Å². The van der Waals surface area contributed by atoms with Crippen molar-refractivity contribution in [3.63, 3.8) is 0 Å². The molecule has 0 aliphatic rings. The van der Waals surface area contributed by atoms with Gasteiger partial charge in [0.05, 0.1) is 39.6 Å². The molecular weight excluding hydrogens is 640 g/mol. The van der Waals surface area contributed by atoms with E-state index in [4.69, 9.17) is 14.6 Å². The molecule has 0 radical (unpaired) electrons. The molecule has 310 valence electrons. The Kier molecular flexibility index (Phi) is 44.0. The molecule has 0 bridgehead atoms. The zero-order valence-electron chi connectivity index (χ0n) is 34.6. The van der Waals surface area contributed by atoms with Crippen molar-refractivity contribution in [2.24, 2.45) is 0 Å². The van der Waals surface area contributed by atoms with Gasteiger partial charge in [0.1, 0.15) is 11.2 Å². The Morgan fingerprint density at radius 1 is 0.333 bits per heavy atom. The van der Waals surface area contributed by atoms with Gasteiger partial charge in [0.2, 0.25) is 0 Å². The van der Waals surface area contributed by atoms with Crippen LogP contribution in [0.1, 0.15) is 226 Å². The molecule has 0 saturated heterocycles. The number of rotatable bonds is 41. The fourth-order valence-electron chi connectivity index (χ4n) is 6.53. The van der Waals surface area contributed by atoms with Gasteiger partial charge in [-0.1, -0.05) is 207 Å². The second kappa shape index (κ2) is 42.5. The first kappa shape index (κ1) is 52.8. The highest BCUT2D eigenvalue weighted by Gasteiger charge is 2.30. The van der Waals surface area contributed by atoms with Crippen LogP contribution in [0.5, 0.6) is 0 Å². The average molecular weight is 733 g/mol. The van der Waals surface area contributed by atoms with Crippen molar-refractivity contribution in [1.82, 2.24) is 0 Å². The van der Waals surface area contributed by atoms with Crippen LogP contribution in [-0.4, -0.2) is 83.0 Å². The quantitative estimate of drug-likeness (QED) is 0.0397. The van der Waals surface area contributed by atoms with Gasteiger partial charge in [0.15, 0.2) is 0 Å². The predicted molar refractivity (Wildman–Crippen MR) is 218 cm³/mol. The fourth-order valence-corrected chi connectivity index (χ4v) is 6.53. The summed E-state index contributed by atoms with van der Waals surface area (Å²) in [5.41, 5.74) is -2.55. The molecule has 0 aliphatic heterocycles. The first-order valence-electron chi connectivity index (χ1n) is 22.3. The lowest BCUT2D eigenvalue weighted by Gasteiger charge is -2.30. The van der Waals surface area contributed by atoms with Gasteiger partial charge in [-0.2, -0.15) is 0 Å². The van der Waals surface area contributed by atoms with Crippen LogP contribution in [0.2, 0.25) is 0 Å². The Balaban J connectivity index is 0. The van der Waals surface area contributed by atoms with Crippen LogP contribution in [0.25, 0.3) is 0 Å². The normalized spacial score (nSPS) is 13.9. The van der Waals surface area contributed by atoms with Crippen LogP contribution in [0.15, 0.2) is 0 Å². The maximum atomic E-state index is 10.8. The molecule has 0 aromatic rings. The minimum absolute atomic E-state index is 0.0109. The number of unbranched alkanes of at least 4 members (excludes halogenated alkanes) is 27. The van der Waals surface area contributed by atoms with E-state index in [0.29, 0.717) is 19.4 Å². The van der Waals surface area contributed by atoms with Gasteiger partial charge in [-0.15, -0.1) is 0 Å². The topological polar surface area (TPSA) is 120 Å². The maximum Gasteiger partial charge on any atom is 0.111 e. The molecule has 2 unspecified atom stereocenters. The van der Waals surface area contributed by atoms with Crippen LogP contribution >= 0.6 is 0 Å². The van der Waals surface area contributed by atoms with Crippen molar-refractivity contribution in [1.29, 1.82) is 0 Å². The third-order valence-electron chi connectivity index (χ3n) is 10.2. The van der Waals surface area contributed by atoms with Crippen molar-refractivity contribution in [3.8, 4) is 0 Å². The van der Waals surface area contributed by atoms with E-state index < -0.39 is 11.2 Å². The standard InChI is InChI=1S/C38H78O5.C6H14O2/c1-3-5-7-9-11-13-15-17-19-21-23-25-27-29-31-37(41,33-39)35-43-36-38(42,34-40)32-30-28-26-24-22-20-18-16-14-12-10-8-6-4-2;1-2-3-5-8-6-4-7/h39-42H,3-36H2,1-2H3;7H,2-6H2,1H3. The third kappa shape index (κ3) is 40.7. The van der Waals surface area contributed by atoms with Gasteiger partial charge in [0.25, 0.3) is 0 Å². The van der Waals surface area contributed by atoms with Crippen molar-refractivity contribution in [2.45, 2.75) is 237 Å². The van der Waals surface area contributed by atoms with Crippen molar-refractivity contribution >= 4 is 0 Å². The Labute approximate surface area is 318 Å². The lowest BCUT2D eigenvalue weighted by Crippen LogP contribution is -2.43. The summed E-state index contributed by atoms with van der Waals surface area (Å²) < 4.78 is 10.6. The summed E-state index contributed by atoms with van der Waals surface area (Å²) >= 11 is 0. The zero-order chi connectivity index (χ0) is 38.0. The molecule has 0 fully saturated rings. The molecule has 51 heavy (non-hydrogen) atoms. The lowest BCUT2D eigenvalue weighted by molar-refractivity contribution is -0.129. The number of ether oxygens (including phenoxy) is 2. The van der Waals surface area contributed by atoms with Gasteiger partial charge in [-0.3, -0.25) is 0 Å². The third-order valence-corrected chi connectivity index (χ3v) is 10.2. The minimum atomic E-state index is -1.28. The molecule has 2 atom stereocenters. The molecule has 0 spiro atoms. The van der Waals surface area contributed by atoms with E-state index >= 15 is 0 Å². The molecule has 0 saturated carbocycles. The Morgan fingerprint density at radius 2 is 0.608 bits per heavy atom. The van der Waals surface area contributed by atoms with Gasteiger partial charge in [-0.05, 0) is 19.3 Å². The van der Waals surface area contributed by atoms with Gasteiger partial charge in [0, 0.05) is 6.61 Å². The van der Waals surface area contributed by atoms with Crippen molar-refractivity contribution in [3.05, 3.63) is 0 Å². The van der Waals surface area contributed by atoms with E-state index in [1.165, 1.54) is 154 Å². The lowest BCUT2D eigenvalue weighted by atomic mass is 9.95. The summed E-state index contributed by atoms with van der Waals surface area (Å²) in [6.07, 6.45) is 39.2. The molecule has 0 aromatic heterocycles. The van der Waals surface area contributed by atoms with Crippen molar-refractivity contribution < 1.29 is 35.0 Å². The van der Waals surface area contributed by atoms with Gasteiger partial charge < -0.3 is 35.0 Å². The fraction of sp³-hybridized carbons (Fsp3) is 1.00. The second-order valence-electron chi connectivity index (χ2n) is 15.6. The first-order chi connectivity index (χ1) is 24.9. The van der Waals surface area contributed by atoms with Crippen LogP contribution in [0.4, 0.5) is 0 Å². The highest BCUT2D eigenvalue weighted by atomic mass is 16.5. The highest BCUT2D eigenvalue weighted by molar-refractivity contribution is 4.81. The monoisotopic (exact) mass is 733 g/mol. The summed E-state index contributed by atoms with van der Waals surface area (Å²) in [7, 11) is 0. The molecular formula is C44H92O7. The molecule has 0 amide bonds. The van der Waals surface area contributed by atoms with Crippen LogP contribution < -0.4 is 0 Å². The molecule has 7 nitrogen and oxygen atoms in total. The predicted octanol–water partition coefficient (Wildman–Crippen LogP) is 11.0. The molecule has 0 rings (SSSR count). The van der Waals surface area contributed by atoms with Gasteiger partial charge in [-0.25, -0.2) is 0 Å². The van der Waals surface area contributed by atoms with Crippen molar-refractivity contribution in [2.75, 3.05) is 46.2 Å². The molecule has 5 N–H and O–H groups in total. The smallest absolute Gasteiger partial charge is 0.111 e. The van der Waals surface area contributed by atoms with E-state index in [9.17, 15) is 20.4 Å². The van der Waals surface area contributed by atoms with Gasteiger partial charge >= 0.3 is 0 Å². The largest absolute Gasteiger partial charge is 0.394 e.